The van der Waals surface area contributed by atoms with Crippen LogP contribution in [0.3, 0.4) is 0 Å². The van der Waals surface area contributed by atoms with Crippen LogP contribution in [0, 0.1) is 0 Å². The van der Waals surface area contributed by atoms with Crippen molar-refractivity contribution in [1.82, 2.24) is 0 Å². The maximum absolute atomic E-state index is 12.6. The Morgan fingerprint density at radius 2 is 1.78 bits per heavy atom. The Kier molecular flexibility index (Phi) is 5.90. The van der Waals surface area contributed by atoms with Gasteiger partial charge in [-0.15, -0.1) is 0 Å². The van der Waals surface area contributed by atoms with E-state index in [1.165, 1.54) is 30.3 Å². The topological polar surface area (TPSA) is 102 Å². The molecule has 32 heavy (non-hydrogen) atoms. The van der Waals surface area contributed by atoms with Gasteiger partial charge in [0.15, 0.2) is 15.9 Å². The number of fused-ring (bicyclic) bond motifs is 1. The van der Waals surface area contributed by atoms with Gasteiger partial charge in [0.05, 0.1) is 15.6 Å². The molecular weight excluding hydrogens is 452 g/mol. The van der Waals surface area contributed by atoms with Crippen molar-refractivity contribution in [3.63, 3.8) is 0 Å². The second-order valence-electron chi connectivity index (χ2n) is 7.36. The summed E-state index contributed by atoms with van der Waals surface area (Å²) in [6.45, 7) is 0. The van der Waals surface area contributed by atoms with Crippen LogP contribution in [0.1, 0.15) is 15.9 Å². The number of halogens is 1. The number of carbonyl (C=O) groups excluding carboxylic acids is 2. The quantitative estimate of drug-likeness (QED) is 0.588. The lowest BCUT2D eigenvalue weighted by Crippen LogP contribution is -2.31. The summed E-state index contributed by atoms with van der Waals surface area (Å²) < 4.78 is 29.1. The summed E-state index contributed by atoms with van der Waals surface area (Å²) in [4.78, 5) is 25.1. The lowest BCUT2D eigenvalue weighted by molar-refractivity contribution is -0.122. The molecule has 3 aromatic rings. The van der Waals surface area contributed by atoms with Gasteiger partial charge in [0, 0.05) is 23.9 Å². The zero-order valence-electron chi connectivity index (χ0n) is 17.0. The third kappa shape index (κ3) is 4.76. The monoisotopic (exact) mass is 470 g/mol. The predicted molar refractivity (Wildman–Crippen MR) is 122 cm³/mol. The highest BCUT2D eigenvalue weighted by Gasteiger charge is 2.28. The van der Waals surface area contributed by atoms with E-state index < -0.39 is 21.8 Å². The van der Waals surface area contributed by atoms with E-state index in [2.05, 4.69) is 10.6 Å². The molecule has 1 heterocycles. The lowest BCUT2D eigenvalue weighted by atomic mass is 10.1. The van der Waals surface area contributed by atoms with E-state index in [0.29, 0.717) is 23.5 Å². The molecule has 0 aromatic heterocycles. The van der Waals surface area contributed by atoms with Gasteiger partial charge in [0.1, 0.15) is 5.75 Å². The second-order valence-corrected chi connectivity index (χ2v) is 9.78. The Morgan fingerprint density at radius 3 is 2.50 bits per heavy atom. The summed E-state index contributed by atoms with van der Waals surface area (Å²) >= 11 is 6.29. The van der Waals surface area contributed by atoms with Gasteiger partial charge < -0.3 is 15.4 Å². The average Bonchev–Trinajstić information content (AvgIpc) is 3.19. The van der Waals surface area contributed by atoms with Crippen molar-refractivity contribution < 1.29 is 22.7 Å². The molecule has 7 nitrogen and oxygen atoms in total. The van der Waals surface area contributed by atoms with Crippen molar-refractivity contribution in [3.05, 3.63) is 82.9 Å². The lowest BCUT2D eigenvalue weighted by Gasteiger charge is -2.13. The van der Waals surface area contributed by atoms with Gasteiger partial charge in [-0.2, -0.15) is 0 Å². The van der Waals surface area contributed by atoms with Crippen molar-refractivity contribution in [2.45, 2.75) is 17.4 Å². The molecule has 0 aliphatic carbocycles. The van der Waals surface area contributed by atoms with Gasteiger partial charge in [0.2, 0.25) is 0 Å². The van der Waals surface area contributed by atoms with Crippen LogP contribution in [0.2, 0.25) is 5.02 Å². The molecule has 2 N–H and O–H groups in total. The van der Waals surface area contributed by atoms with Crippen LogP contribution in [-0.4, -0.2) is 32.6 Å². The van der Waals surface area contributed by atoms with E-state index in [9.17, 15) is 18.0 Å². The third-order valence-electron chi connectivity index (χ3n) is 4.95. The standard InChI is InChI=1S/C23H19ClN2O5S/c1-32(29,30)17-7-4-6-15(11-17)22(27)26-19-10-9-16(13-18(19)24)25-23(28)21-12-14-5-2-3-8-20(14)31-21/h2-11,13,21H,12H2,1H3,(H,25,28)(H,26,27)/t21-/m1/s1. The number of sulfone groups is 1. The van der Waals surface area contributed by atoms with Crippen molar-refractivity contribution >= 4 is 44.6 Å². The minimum absolute atomic E-state index is 0.0468. The number of anilines is 2. The molecular formula is C23H19ClN2O5S. The smallest absolute Gasteiger partial charge is 0.265 e. The maximum Gasteiger partial charge on any atom is 0.265 e. The van der Waals surface area contributed by atoms with Crippen LogP contribution >= 0.6 is 11.6 Å². The third-order valence-corrected chi connectivity index (χ3v) is 6.37. The van der Waals surface area contributed by atoms with Crippen LogP contribution in [0.15, 0.2) is 71.6 Å². The van der Waals surface area contributed by atoms with Crippen molar-refractivity contribution in [1.29, 1.82) is 0 Å². The summed E-state index contributed by atoms with van der Waals surface area (Å²) in [5.41, 5.74) is 1.93. The second kappa shape index (κ2) is 8.64. The molecule has 1 aliphatic rings. The normalized spacial score (nSPS) is 14.9. The molecule has 0 unspecified atom stereocenters. The molecule has 0 spiro atoms. The molecule has 0 bridgehead atoms. The van der Waals surface area contributed by atoms with Crippen LogP contribution in [0.25, 0.3) is 0 Å². The number of hydrogen-bond acceptors (Lipinski definition) is 5. The van der Waals surface area contributed by atoms with E-state index in [-0.39, 0.29) is 21.4 Å². The fraction of sp³-hybridized carbons (Fsp3) is 0.130. The number of ether oxygens (including phenoxy) is 1. The fourth-order valence-electron chi connectivity index (χ4n) is 3.31. The molecule has 0 radical (unpaired) electrons. The summed E-state index contributed by atoms with van der Waals surface area (Å²) in [5, 5.41) is 5.63. The zero-order valence-corrected chi connectivity index (χ0v) is 18.5. The summed E-state index contributed by atoms with van der Waals surface area (Å²) in [5.74, 6) is -0.110. The molecule has 0 saturated heterocycles. The number of carbonyl (C=O) groups is 2. The van der Waals surface area contributed by atoms with Crippen molar-refractivity contribution in [3.8, 4) is 5.75 Å². The largest absolute Gasteiger partial charge is 0.480 e. The van der Waals surface area contributed by atoms with Gasteiger partial charge >= 0.3 is 0 Å². The summed E-state index contributed by atoms with van der Waals surface area (Å²) in [7, 11) is -3.44. The molecule has 0 saturated carbocycles. The first-order valence-electron chi connectivity index (χ1n) is 9.67. The fourth-order valence-corrected chi connectivity index (χ4v) is 4.20. The molecule has 2 amide bonds. The number of rotatable bonds is 5. The first kappa shape index (κ1) is 21.9. The molecule has 164 valence electrons. The molecule has 4 rings (SSSR count). The van der Waals surface area contributed by atoms with E-state index in [4.69, 9.17) is 16.3 Å². The Hall–Kier alpha value is -3.36. The molecule has 1 aliphatic heterocycles. The SMILES string of the molecule is CS(=O)(=O)c1cccc(C(=O)Nc2ccc(NC(=O)[C@H]3Cc4ccccc4O3)cc2Cl)c1. The number of benzene rings is 3. The zero-order chi connectivity index (χ0) is 22.9. The molecule has 0 fully saturated rings. The number of para-hydroxylation sites is 1. The van der Waals surface area contributed by atoms with Gasteiger partial charge in [-0.05, 0) is 48.0 Å². The van der Waals surface area contributed by atoms with E-state index in [1.54, 1.807) is 12.1 Å². The Morgan fingerprint density at radius 1 is 1.00 bits per heavy atom. The predicted octanol–water partition coefficient (Wildman–Crippen LogP) is 3.94. The maximum atomic E-state index is 12.6. The highest BCUT2D eigenvalue weighted by atomic mass is 35.5. The number of nitrogens with one attached hydrogen (secondary N) is 2. The average molecular weight is 471 g/mol. The van der Waals surface area contributed by atoms with Gasteiger partial charge in [-0.25, -0.2) is 8.42 Å². The summed E-state index contributed by atoms with van der Waals surface area (Å²) in [6, 6.07) is 17.9. The van der Waals surface area contributed by atoms with Crippen molar-refractivity contribution in [2.24, 2.45) is 0 Å². The van der Waals surface area contributed by atoms with Gasteiger partial charge in [-0.3, -0.25) is 9.59 Å². The summed E-state index contributed by atoms with van der Waals surface area (Å²) in [6.07, 6.45) is 0.923. The first-order valence-corrected chi connectivity index (χ1v) is 11.9. The van der Waals surface area contributed by atoms with Crippen molar-refractivity contribution in [2.75, 3.05) is 16.9 Å². The van der Waals surface area contributed by atoms with Crippen LogP contribution in [0.4, 0.5) is 11.4 Å². The first-order chi connectivity index (χ1) is 15.2. The molecule has 9 heteroatoms. The minimum Gasteiger partial charge on any atom is -0.480 e. The number of amides is 2. The highest BCUT2D eigenvalue weighted by molar-refractivity contribution is 7.90. The number of hydrogen-bond donors (Lipinski definition) is 2. The highest BCUT2D eigenvalue weighted by Crippen LogP contribution is 2.30. The molecule has 1 atom stereocenters. The Bertz CT molecular complexity index is 1300. The minimum atomic E-state index is -3.44. The Balaban J connectivity index is 1.43. The van der Waals surface area contributed by atoms with Crippen LogP contribution in [-0.2, 0) is 21.1 Å². The van der Waals surface area contributed by atoms with Crippen LogP contribution in [0.5, 0.6) is 5.75 Å². The van der Waals surface area contributed by atoms with E-state index in [1.807, 2.05) is 24.3 Å². The Labute approximate surface area is 190 Å². The van der Waals surface area contributed by atoms with E-state index in [0.717, 1.165) is 11.8 Å². The van der Waals surface area contributed by atoms with Crippen LogP contribution < -0.4 is 15.4 Å². The van der Waals surface area contributed by atoms with Gasteiger partial charge in [-0.1, -0.05) is 35.9 Å². The molecule has 3 aromatic carbocycles. The van der Waals surface area contributed by atoms with E-state index >= 15 is 0 Å². The van der Waals surface area contributed by atoms with Gasteiger partial charge in [0.25, 0.3) is 11.8 Å².